The van der Waals surface area contributed by atoms with Crippen LogP contribution >= 0.6 is 11.6 Å². The standard InChI is InChI=1S/C23H25ClFN5/c1-15(27-18-8-9-20(24)21(12-18)26-2)23-19-14-29(3)11-10-22(19)30(28-23)13-16-4-6-17(25)7-5-16/h4-9,12,26-27H,1,10-11,13-14H2,2-3H3. The van der Waals surface area contributed by atoms with Crippen LogP contribution in [-0.2, 0) is 19.5 Å². The Labute approximate surface area is 181 Å². The number of halogens is 2. The largest absolute Gasteiger partial charge is 0.387 e. The molecule has 2 aromatic carbocycles. The summed E-state index contributed by atoms with van der Waals surface area (Å²) in [6.07, 6.45) is 0.915. The molecule has 1 aliphatic heterocycles. The molecule has 3 aromatic rings. The Morgan fingerprint density at radius 1 is 1.23 bits per heavy atom. The highest BCUT2D eigenvalue weighted by Crippen LogP contribution is 2.30. The second-order valence-corrected chi connectivity index (χ2v) is 8.00. The molecule has 1 aromatic heterocycles. The van der Waals surface area contributed by atoms with Gasteiger partial charge >= 0.3 is 0 Å². The summed E-state index contributed by atoms with van der Waals surface area (Å²) < 4.78 is 15.3. The van der Waals surface area contributed by atoms with Gasteiger partial charge in [0.2, 0.25) is 0 Å². The predicted octanol–water partition coefficient (Wildman–Crippen LogP) is 4.84. The van der Waals surface area contributed by atoms with E-state index in [1.807, 2.05) is 29.9 Å². The van der Waals surface area contributed by atoms with Crippen molar-refractivity contribution in [1.82, 2.24) is 14.7 Å². The van der Waals surface area contributed by atoms with E-state index < -0.39 is 0 Å². The van der Waals surface area contributed by atoms with Crippen molar-refractivity contribution in [2.45, 2.75) is 19.5 Å². The highest BCUT2D eigenvalue weighted by molar-refractivity contribution is 6.33. The second-order valence-electron chi connectivity index (χ2n) is 7.59. The minimum Gasteiger partial charge on any atom is -0.387 e. The molecule has 0 saturated heterocycles. The smallest absolute Gasteiger partial charge is 0.123 e. The number of aromatic nitrogens is 2. The lowest BCUT2D eigenvalue weighted by molar-refractivity contribution is 0.308. The highest BCUT2D eigenvalue weighted by atomic mass is 35.5. The van der Waals surface area contributed by atoms with Gasteiger partial charge in [-0.25, -0.2) is 4.39 Å². The van der Waals surface area contributed by atoms with Crippen LogP contribution in [0.2, 0.25) is 5.02 Å². The molecule has 156 valence electrons. The maximum Gasteiger partial charge on any atom is 0.123 e. The zero-order valence-corrected chi connectivity index (χ0v) is 17.9. The van der Waals surface area contributed by atoms with E-state index in [1.165, 1.54) is 23.4 Å². The van der Waals surface area contributed by atoms with Gasteiger partial charge in [0.05, 0.1) is 23.0 Å². The average molecular weight is 426 g/mol. The zero-order valence-electron chi connectivity index (χ0n) is 17.2. The summed E-state index contributed by atoms with van der Waals surface area (Å²) in [7, 11) is 3.95. The first-order chi connectivity index (χ1) is 14.4. The lowest BCUT2D eigenvalue weighted by Gasteiger charge is -2.24. The normalized spacial score (nSPS) is 13.7. The molecule has 4 rings (SSSR count). The van der Waals surface area contributed by atoms with Crippen LogP contribution in [0.25, 0.3) is 5.70 Å². The molecule has 2 N–H and O–H groups in total. The van der Waals surface area contributed by atoms with Gasteiger partial charge in [0.25, 0.3) is 0 Å². The molecule has 0 unspecified atom stereocenters. The molecule has 0 atom stereocenters. The molecule has 0 aliphatic carbocycles. The molecule has 30 heavy (non-hydrogen) atoms. The van der Waals surface area contributed by atoms with E-state index in [0.29, 0.717) is 11.6 Å². The molecule has 7 heteroatoms. The molecule has 0 amide bonds. The predicted molar refractivity (Wildman–Crippen MR) is 121 cm³/mol. The summed E-state index contributed by atoms with van der Waals surface area (Å²) in [4.78, 5) is 2.28. The maximum atomic E-state index is 13.3. The van der Waals surface area contributed by atoms with E-state index in [0.717, 1.165) is 47.8 Å². The molecule has 0 radical (unpaired) electrons. The van der Waals surface area contributed by atoms with Gasteiger partial charge in [-0.15, -0.1) is 0 Å². The third kappa shape index (κ3) is 4.20. The fourth-order valence-corrected chi connectivity index (χ4v) is 4.00. The Morgan fingerprint density at radius 3 is 2.73 bits per heavy atom. The fraction of sp³-hybridized carbons (Fsp3) is 0.261. The van der Waals surface area contributed by atoms with Crippen LogP contribution in [0, 0.1) is 5.82 Å². The Balaban J connectivity index is 1.64. The van der Waals surface area contributed by atoms with E-state index >= 15 is 0 Å². The third-order valence-corrected chi connectivity index (χ3v) is 5.72. The van der Waals surface area contributed by atoms with E-state index in [-0.39, 0.29) is 5.82 Å². The minimum atomic E-state index is -0.231. The van der Waals surface area contributed by atoms with Gasteiger partial charge in [-0.05, 0) is 42.9 Å². The molecule has 0 fully saturated rings. The first kappa shape index (κ1) is 20.4. The molecular formula is C23H25ClFN5. The number of hydrogen-bond acceptors (Lipinski definition) is 4. The summed E-state index contributed by atoms with van der Waals surface area (Å²) in [5, 5.41) is 12.0. The number of likely N-dealkylation sites (N-methyl/N-ethyl adjacent to an activating group) is 1. The third-order valence-electron chi connectivity index (χ3n) is 5.39. The van der Waals surface area contributed by atoms with Gasteiger partial charge in [-0.2, -0.15) is 5.10 Å². The van der Waals surface area contributed by atoms with Crippen LogP contribution in [0.3, 0.4) is 0 Å². The first-order valence-electron chi connectivity index (χ1n) is 9.89. The van der Waals surface area contributed by atoms with Crippen LogP contribution in [0.5, 0.6) is 0 Å². The number of nitrogens with zero attached hydrogens (tertiary/aromatic N) is 3. The van der Waals surface area contributed by atoms with Crippen molar-refractivity contribution in [3.05, 3.63) is 82.4 Å². The number of hydrogen-bond donors (Lipinski definition) is 2. The van der Waals surface area contributed by atoms with E-state index in [1.54, 1.807) is 12.1 Å². The number of fused-ring (bicyclic) bond motifs is 1. The van der Waals surface area contributed by atoms with E-state index in [2.05, 4.69) is 29.2 Å². The maximum absolute atomic E-state index is 13.3. The monoisotopic (exact) mass is 425 g/mol. The first-order valence-corrected chi connectivity index (χ1v) is 10.3. The lowest BCUT2D eigenvalue weighted by Crippen LogP contribution is -2.28. The summed E-state index contributed by atoms with van der Waals surface area (Å²) in [6.45, 7) is 6.65. The van der Waals surface area contributed by atoms with Crippen molar-refractivity contribution in [2.75, 3.05) is 31.3 Å². The van der Waals surface area contributed by atoms with Crippen LogP contribution < -0.4 is 10.6 Å². The quantitative estimate of drug-likeness (QED) is 0.593. The molecular weight excluding hydrogens is 401 g/mol. The van der Waals surface area contributed by atoms with Gasteiger partial charge in [0, 0.05) is 43.5 Å². The van der Waals surface area contributed by atoms with Gasteiger partial charge in [0.15, 0.2) is 0 Å². The van der Waals surface area contributed by atoms with Gasteiger partial charge < -0.3 is 15.5 Å². The van der Waals surface area contributed by atoms with Gasteiger partial charge in [0.1, 0.15) is 11.5 Å². The summed E-state index contributed by atoms with van der Waals surface area (Å²) in [5.74, 6) is -0.231. The molecule has 0 bridgehead atoms. The summed E-state index contributed by atoms with van der Waals surface area (Å²) >= 11 is 6.19. The highest BCUT2D eigenvalue weighted by Gasteiger charge is 2.24. The van der Waals surface area contributed by atoms with Crippen molar-refractivity contribution in [2.24, 2.45) is 0 Å². The van der Waals surface area contributed by atoms with Crippen LogP contribution in [-0.4, -0.2) is 35.3 Å². The average Bonchev–Trinajstić information content (AvgIpc) is 3.08. The van der Waals surface area contributed by atoms with Crippen molar-refractivity contribution >= 4 is 28.7 Å². The van der Waals surface area contributed by atoms with Crippen molar-refractivity contribution in [1.29, 1.82) is 0 Å². The van der Waals surface area contributed by atoms with Crippen LogP contribution in [0.4, 0.5) is 15.8 Å². The Kier molecular flexibility index (Phi) is 5.79. The summed E-state index contributed by atoms with van der Waals surface area (Å²) in [5.41, 5.74) is 6.75. The fourth-order valence-electron chi connectivity index (χ4n) is 3.79. The number of nitrogens with one attached hydrogen (secondary N) is 2. The van der Waals surface area contributed by atoms with Crippen molar-refractivity contribution in [3.8, 4) is 0 Å². The zero-order chi connectivity index (χ0) is 21.3. The van der Waals surface area contributed by atoms with E-state index in [4.69, 9.17) is 16.7 Å². The molecule has 1 aliphatic rings. The molecule has 0 spiro atoms. The van der Waals surface area contributed by atoms with Crippen LogP contribution in [0.1, 0.15) is 22.5 Å². The number of benzene rings is 2. The van der Waals surface area contributed by atoms with Crippen molar-refractivity contribution < 1.29 is 4.39 Å². The SMILES string of the molecule is C=C(Nc1ccc(Cl)c(NC)c1)c1nn(Cc2ccc(F)cc2)c2c1CN(C)CC2. The number of rotatable bonds is 6. The lowest BCUT2D eigenvalue weighted by atomic mass is 10.0. The van der Waals surface area contributed by atoms with Crippen LogP contribution in [0.15, 0.2) is 49.0 Å². The molecule has 5 nitrogen and oxygen atoms in total. The number of anilines is 2. The minimum absolute atomic E-state index is 0.231. The Bertz CT molecular complexity index is 1070. The van der Waals surface area contributed by atoms with Gasteiger partial charge in [-0.1, -0.05) is 30.3 Å². The molecule has 2 heterocycles. The topological polar surface area (TPSA) is 45.1 Å². The van der Waals surface area contributed by atoms with E-state index in [9.17, 15) is 4.39 Å². The summed E-state index contributed by atoms with van der Waals surface area (Å²) in [6, 6.07) is 12.3. The Hall–Kier alpha value is -2.83. The van der Waals surface area contributed by atoms with Gasteiger partial charge in [-0.3, -0.25) is 4.68 Å². The van der Waals surface area contributed by atoms with Crippen molar-refractivity contribution in [3.63, 3.8) is 0 Å². The molecule has 0 saturated carbocycles. The second kappa shape index (κ2) is 8.50. The Morgan fingerprint density at radius 2 is 2.00 bits per heavy atom.